The Labute approximate surface area is 128 Å². The molecule has 21 heavy (non-hydrogen) atoms. The number of aryl methyl sites for hydroxylation is 1. The Kier molecular flexibility index (Phi) is 6.74. The van der Waals surface area contributed by atoms with Gasteiger partial charge in [0, 0.05) is 25.3 Å². The summed E-state index contributed by atoms with van der Waals surface area (Å²) in [6, 6.07) is 2.20. The van der Waals surface area contributed by atoms with Crippen LogP contribution in [0.2, 0.25) is 0 Å². The molecule has 1 aromatic heterocycles. The molecule has 2 rings (SSSR count). The molecule has 0 radical (unpaired) electrons. The second kappa shape index (κ2) is 8.57. The SMILES string of the molecule is CCCNCc1cc(CN(CC)CC2CCCO2)c(C)o1. The van der Waals surface area contributed by atoms with Crippen molar-refractivity contribution in [1.82, 2.24) is 10.2 Å². The van der Waals surface area contributed by atoms with E-state index in [2.05, 4.69) is 37.1 Å². The highest BCUT2D eigenvalue weighted by atomic mass is 16.5. The number of hydrogen-bond acceptors (Lipinski definition) is 4. The Hall–Kier alpha value is -0.840. The second-order valence-corrected chi connectivity index (χ2v) is 5.93. The molecule has 4 nitrogen and oxygen atoms in total. The molecule has 1 aliphatic heterocycles. The molecule has 1 atom stereocenters. The van der Waals surface area contributed by atoms with Crippen molar-refractivity contribution < 1.29 is 9.15 Å². The van der Waals surface area contributed by atoms with Crippen LogP contribution in [0.1, 0.15) is 50.2 Å². The number of ether oxygens (including phenoxy) is 1. The van der Waals surface area contributed by atoms with Gasteiger partial charge in [-0.05, 0) is 45.3 Å². The summed E-state index contributed by atoms with van der Waals surface area (Å²) in [5, 5.41) is 3.39. The molecule has 4 heteroatoms. The highest BCUT2D eigenvalue weighted by Gasteiger charge is 2.19. The van der Waals surface area contributed by atoms with E-state index in [-0.39, 0.29) is 0 Å². The van der Waals surface area contributed by atoms with Gasteiger partial charge >= 0.3 is 0 Å². The first kappa shape index (κ1) is 16.5. The summed E-state index contributed by atoms with van der Waals surface area (Å²) in [7, 11) is 0. The van der Waals surface area contributed by atoms with Crippen molar-refractivity contribution in [2.24, 2.45) is 0 Å². The number of nitrogens with one attached hydrogen (secondary N) is 1. The van der Waals surface area contributed by atoms with E-state index in [0.29, 0.717) is 6.10 Å². The van der Waals surface area contributed by atoms with Gasteiger partial charge in [-0.25, -0.2) is 0 Å². The van der Waals surface area contributed by atoms with Crippen molar-refractivity contribution in [3.05, 3.63) is 23.2 Å². The van der Waals surface area contributed by atoms with Crippen molar-refractivity contribution in [1.29, 1.82) is 0 Å². The minimum atomic E-state index is 0.419. The van der Waals surface area contributed by atoms with E-state index in [1.807, 2.05) is 0 Å². The van der Waals surface area contributed by atoms with Crippen LogP contribution in [0.25, 0.3) is 0 Å². The van der Waals surface area contributed by atoms with Gasteiger partial charge in [0.1, 0.15) is 11.5 Å². The maximum absolute atomic E-state index is 5.86. The van der Waals surface area contributed by atoms with E-state index in [0.717, 1.165) is 57.3 Å². The molecule has 0 amide bonds. The molecule has 0 aliphatic carbocycles. The first-order valence-corrected chi connectivity index (χ1v) is 8.35. The van der Waals surface area contributed by atoms with Crippen LogP contribution in [0.3, 0.4) is 0 Å². The smallest absolute Gasteiger partial charge is 0.118 e. The standard InChI is InChI=1S/C17H30N2O2/c1-4-8-18-11-17-10-15(14(3)21-17)12-19(5-2)13-16-7-6-9-20-16/h10,16,18H,4-9,11-13H2,1-3H3. The van der Waals surface area contributed by atoms with Crippen LogP contribution in [0, 0.1) is 6.92 Å². The van der Waals surface area contributed by atoms with E-state index < -0.39 is 0 Å². The lowest BCUT2D eigenvalue weighted by Crippen LogP contribution is -2.31. The Morgan fingerprint density at radius 2 is 2.24 bits per heavy atom. The molecule has 1 aliphatic rings. The first-order valence-electron chi connectivity index (χ1n) is 8.35. The average molecular weight is 294 g/mol. The molecular formula is C17H30N2O2. The van der Waals surface area contributed by atoms with Crippen LogP contribution in [-0.4, -0.2) is 37.2 Å². The van der Waals surface area contributed by atoms with Crippen molar-refractivity contribution in [2.45, 2.75) is 59.2 Å². The van der Waals surface area contributed by atoms with Gasteiger partial charge in [0.25, 0.3) is 0 Å². The fraction of sp³-hybridized carbons (Fsp3) is 0.765. The summed E-state index contributed by atoms with van der Waals surface area (Å²) in [4.78, 5) is 2.46. The third-order valence-electron chi connectivity index (χ3n) is 4.12. The fourth-order valence-corrected chi connectivity index (χ4v) is 2.84. The van der Waals surface area contributed by atoms with Gasteiger partial charge in [0.15, 0.2) is 0 Å². The molecule has 0 bridgehead atoms. The quantitative estimate of drug-likeness (QED) is 0.710. The summed E-state index contributed by atoms with van der Waals surface area (Å²) >= 11 is 0. The van der Waals surface area contributed by atoms with Crippen LogP contribution in [0.15, 0.2) is 10.5 Å². The molecule has 1 unspecified atom stereocenters. The lowest BCUT2D eigenvalue weighted by molar-refractivity contribution is 0.0723. The molecule has 0 saturated carbocycles. The van der Waals surface area contributed by atoms with E-state index in [1.165, 1.54) is 18.4 Å². The fourth-order valence-electron chi connectivity index (χ4n) is 2.84. The Balaban J connectivity index is 1.87. The zero-order valence-electron chi connectivity index (χ0n) is 13.8. The largest absolute Gasteiger partial charge is 0.465 e. The Bertz CT molecular complexity index is 411. The summed E-state index contributed by atoms with van der Waals surface area (Å²) in [5.74, 6) is 2.10. The van der Waals surface area contributed by atoms with Crippen molar-refractivity contribution in [2.75, 3.05) is 26.2 Å². The minimum Gasteiger partial charge on any atom is -0.465 e. The van der Waals surface area contributed by atoms with E-state index in [4.69, 9.17) is 9.15 Å². The average Bonchev–Trinajstić information content (AvgIpc) is 3.09. The molecule has 0 aromatic carbocycles. The molecule has 120 valence electrons. The van der Waals surface area contributed by atoms with Crippen molar-refractivity contribution in [3.63, 3.8) is 0 Å². The van der Waals surface area contributed by atoms with Crippen LogP contribution >= 0.6 is 0 Å². The monoisotopic (exact) mass is 294 g/mol. The predicted molar refractivity (Wildman–Crippen MR) is 85.4 cm³/mol. The number of nitrogens with zero attached hydrogens (tertiary/aromatic N) is 1. The second-order valence-electron chi connectivity index (χ2n) is 5.93. The van der Waals surface area contributed by atoms with Crippen molar-refractivity contribution in [3.8, 4) is 0 Å². The molecule has 0 spiro atoms. The third-order valence-corrected chi connectivity index (χ3v) is 4.12. The number of rotatable bonds is 9. The summed E-state index contributed by atoms with van der Waals surface area (Å²) < 4.78 is 11.6. The predicted octanol–water partition coefficient (Wildman–Crippen LogP) is 3.09. The van der Waals surface area contributed by atoms with Gasteiger partial charge < -0.3 is 14.5 Å². The molecule has 1 aromatic rings. The van der Waals surface area contributed by atoms with Crippen LogP contribution in [0.4, 0.5) is 0 Å². The molecule has 1 N–H and O–H groups in total. The van der Waals surface area contributed by atoms with Crippen LogP contribution in [0.5, 0.6) is 0 Å². The number of hydrogen-bond donors (Lipinski definition) is 1. The lowest BCUT2D eigenvalue weighted by atomic mass is 10.2. The number of furan rings is 1. The zero-order valence-corrected chi connectivity index (χ0v) is 13.8. The molecular weight excluding hydrogens is 264 g/mol. The third kappa shape index (κ3) is 5.13. The molecule has 1 fully saturated rings. The van der Waals surface area contributed by atoms with Gasteiger partial charge in [-0.3, -0.25) is 4.90 Å². The van der Waals surface area contributed by atoms with E-state index in [9.17, 15) is 0 Å². The van der Waals surface area contributed by atoms with Gasteiger partial charge in [-0.2, -0.15) is 0 Å². The van der Waals surface area contributed by atoms with Gasteiger partial charge in [-0.1, -0.05) is 13.8 Å². The van der Waals surface area contributed by atoms with Gasteiger partial charge in [0.2, 0.25) is 0 Å². The summed E-state index contributed by atoms with van der Waals surface area (Å²) in [5.41, 5.74) is 1.31. The normalized spacial score (nSPS) is 18.8. The topological polar surface area (TPSA) is 37.6 Å². The van der Waals surface area contributed by atoms with E-state index in [1.54, 1.807) is 0 Å². The van der Waals surface area contributed by atoms with Gasteiger partial charge in [0.05, 0.1) is 12.6 Å². The summed E-state index contributed by atoms with van der Waals surface area (Å²) in [6.07, 6.45) is 3.98. The maximum atomic E-state index is 5.86. The Morgan fingerprint density at radius 1 is 1.38 bits per heavy atom. The van der Waals surface area contributed by atoms with Gasteiger partial charge in [-0.15, -0.1) is 0 Å². The first-order chi connectivity index (χ1) is 10.2. The molecule has 1 saturated heterocycles. The maximum Gasteiger partial charge on any atom is 0.118 e. The molecule has 2 heterocycles. The zero-order chi connectivity index (χ0) is 15.1. The highest BCUT2D eigenvalue weighted by molar-refractivity contribution is 5.20. The lowest BCUT2D eigenvalue weighted by Gasteiger charge is -2.23. The van der Waals surface area contributed by atoms with Crippen LogP contribution in [-0.2, 0) is 17.8 Å². The van der Waals surface area contributed by atoms with E-state index >= 15 is 0 Å². The minimum absolute atomic E-state index is 0.419. The summed E-state index contributed by atoms with van der Waals surface area (Å²) in [6.45, 7) is 12.3. The van der Waals surface area contributed by atoms with Crippen molar-refractivity contribution >= 4 is 0 Å². The highest BCUT2D eigenvalue weighted by Crippen LogP contribution is 2.19. The van der Waals surface area contributed by atoms with Crippen LogP contribution < -0.4 is 5.32 Å². The Morgan fingerprint density at radius 3 is 2.90 bits per heavy atom. The number of likely N-dealkylation sites (N-methyl/N-ethyl adjacent to an activating group) is 1.